The summed E-state index contributed by atoms with van der Waals surface area (Å²) in [6.07, 6.45) is 1.19. The zero-order valence-electron chi connectivity index (χ0n) is 20.1. The van der Waals surface area contributed by atoms with Crippen LogP contribution in [-0.2, 0) is 0 Å². The van der Waals surface area contributed by atoms with Crippen molar-refractivity contribution in [3.8, 4) is 17.1 Å². The van der Waals surface area contributed by atoms with Gasteiger partial charge in [0.2, 0.25) is 0 Å². The van der Waals surface area contributed by atoms with E-state index in [9.17, 15) is 4.79 Å². The number of quaternary nitrogens is 1. The van der Waals surface area contributed by atoms with E-state index in [1.807, 2.05) is 48.5 Å². The van der Waals surface area contributed by atoms with Crippen molar-refractivity contribution in [3.63, 3.8) is 0 Å². The Bertz CT molecular complexity index is 1420. The second kappa shape index (κ2) is 8.74. The Morgan fingerprint density at radius 1 is 1.09 bits per heavy atom. The Hall–Kier alpha value is -3.84. The summed E-state index contributed by atoms with van der Waals surface area (Å²) in [6.45, 7) is 7.49. The molecule has 2 heterocycles. The quantitative estimate of drug-likeness (QED) is 0.393. The van der Waals surface area contributed by atoms with Crippen molar-refractivity contribution >= 4 is 33.7 Å². The van der Waals surface area contributed by atoms with Crippen molar-refractivity contribution in [2.75, 3.05) is 50.1 Å². The number of piperazine rings is 1. The molecule has 0 atom stereocenters. The molecule has 6 rings (SSSR count). The molecule has 4 aromatic rings. The van der Waals surface area contributed by atoms with Crippen LogP contribution in [0.5, 0.6) is 5.75 Å². The number of ether oxygens (including phenoxy) is 1. The lowest BCUT2D eigenvalue weighted by molar-refractivity contribution is -0.900. The van der Waals surface area contributed by atoms with E-state index in [4.69, 9.17) is 9.26 Å². The average Bonchev–Trinajstić information content (AvgIpc) is 3.34. The van der Waals surface area contributed by atoms with Crippen molar-refractivity contribution in [2.45, 2.75) is 13.3 Å². The van der Waals surface area contributed by atoms with Gasteiger partial charge in [-0.3, -0.25) is 4.79 Å². The number of rotatable bonds is 6. The molecule has 3 aromatic carbocycles. The van der Waals surface area contributed by atoms with E-state index in [1.54, 1.807) is 12.0 Å². The van der Waals surface area contributed by atoms with E-state index in [0.29, 0.717) is 16.9 Å². The Balaban J connectivity index is 1.51. The second-order valence-corrected chi connectivity index (χ2v) is 9.27. The van der Waals surface area contributed by atoms with Gasteiger partial charge in [-0.1, -0.05) is 42.4 Å². The van der Waals surface area contributed by atoms with Crippen LogP contribution in [-0.4, -0.2) is 50.8 Å². The summed E-state index contributed by atoms with van der Waals surface area (Å²) in [4.78, 5) is 17.8. The van der Waals surface area contributed by atoms with Crippen molar-refractivity contribution in [2.24, 2.45) is 0 Å². The van der Waals surface area contributed by atoms with Crippen molar-refractivity contribution in [1.82, 2.24) is 5.16 Å². The van der Waals surface area contributed by atoms with Crippen LogP contribution < -0.4 is 19.9 Å². The minimum Gasteiger partial charge on any atom is -0.497 e. The van der Waals surface area contributed by atoms with E-state index < -0.39 is 0 Å². The predicted molar refractivity (Wildman–Crippen MR) is 137 cm³/mol. The highest BCUT2D eigenvalue weighted by Gasteiger charge is 2.34. The monoisotopic (exact) mass is 469 g/mol. The van der Waals surface area contributed by atoms with E-state index >= 15 is 0 Å². The molecule has 0 saturated carbocycles. The predicted octanol–water partition coefficient (Wildman–Crippen LogP) is 3.91. The number of benzene rings is 3. The van der Waals surface area contributed by atoms with Gasteiger partial charge < -0.3 is 24.4 Å². The number of fused-ring (bicyclic) bond motifs is 2. The number of nitrogens with zero attached hydrogens (tertiary/aromatic N) is 2. The molecule has 0 unspecified atom stereocenters. The third kappa shape index (κ3) is 3.63. The van der Waals surface area contributed by atoms with Crippen LogP contribution in [0, 0.1) is 0 Å². The number of aromatic nitrogens is 1. The number of hydrogen-bond acceptors (Lipinski definition) is 6. The third-order valence-corrected chi connectivity index (χ3v) is 7.14. The maximum absolute atomic E-state index is 13.8. The van der Waals surface area contributed by atoms with Crippen LogP contribution in [0.15, 0.2) is 59.1 Å². The summed E-state index contributed by atoms with van der Waals surface area (Å²) in [6, 6.07) is 17.4. The molecule has 178 valence electrons. The van der Waals surface area contributed by atoms with Gasteiger partial charge in [-0.2, -0.15) is 0 Å². The highest BCUT2D eigenvalue weighted by molar-refractivity contribution is 6.28. The van der Waals surface area contributed by atoms with Gasteiger partial charge in [-0.25, -0.2) is 0 Å². The van der Waals surface area contributed by atoms with Gasteiger partial charge in [0.25, 0.3) is 0 Å². The van der Waals surface area contributed by atoms with Crippen LogP contribution in [0.25, 0.3) is 22.2 Å². The summed E-state index contributed by atoms with van der Waals surface area (Å²) in [7, 11) is 1.65. The van der Waals surface area contributed by atoms with Crippen LogP contribution in [0.2, 0.25) is 0 Å². The topological polar surface area (TPSA) is 72.0 Å². The molecule has 1 fully saturated rings. The molecule has 2 aliphatic rings. The molecule has 0 bridgehead atoms. The van der Waals surface area contributed by atoms with E-state index in [2.05, 4.69) is 28.4 Å². The van der Waals surface area contributed by atoms with Crippen LogP contribution in [0.4, 0.5) is 17.1 Å². The summed E-state index contributed by atoms with van der Waals surface area (Å²) in [5.74, 6) is 1.40. The lowest BCUT2D eigenvalue weighted by atomic mass is 9.86. The first-order chi connectivity index (χ1) is 17.2. The first-order valence-electron chi connectivity index (χ1n) is 12.3. The van der Waals surface area contributed by atoms with Crippen molar-refractivity contribution < 1.29 is 19.0 Å². The molecule has 0 spiro atoms. The number of anilines is 3. The summed E-state index contributed by atoms with van der Waals surface area (Å²) < 4.78 is 11.3. The Morgan fingerprint density at radius 3 is 2.66 bits per heavy atom. The third-order valence-electron chi connectivity index (χ3n) is 7.14. The van der Waals surface area contributed by atoms with Gasteiger partial charge in [-0.15, -0.1) is 0 Å². The van der Waals surface area contributed by atoms with Gasteiger partial charge in [0.1, 0.15) is 11.3 Å². The van der Waals surface area contributed by atoms with Crippen molar-refractivity contribution in [1.29, 1.82) is 0 Å². The lowest BCUT2D eigenvalue weighted by Gasteiger charge is -2.34. The summed E-state index contributed by atoms with van der Waals surface area (Å²) in [5.41, 5.74) is 5.42. The molecule has 1 saturated heterocycles. The average molecular weight is 470 g/mol. The molecule has 1 aliphatic heterocycles. The fourth-order valence-electron chi connectivity index (χ4n) is 5.41. The first-order valence-corrected chi connectivity index (χ1v) is 12.3. The molecule has 1 aliphatic carbocycles. The Kier molecular flexibility index (Phi) is 5.41. The smallest absolute Gasteiger partial charge is 0.196 e. The maximum atomic E-state index is 13.8. The van der Waals surface area contributed by atoms with Crippen LogP contribution in [0.1, 0.15) is 29.3 Å². The summed E-state index contributed by atoms with van der Waals surface area (Å²) in [5, 5.41) is 8.81. The number of nitrogens with one attached hydrogen (secondary N) is 2. The molecule has 1 aromatic heterocycles. The minimum absolute atomic E-state index is 0.0181. The largest absolute Gasteiger partial charge is 0.497 e. The van der Waals surface area contributed by atoms with Gasteiger partial charge in [0.15, 0.2) is 11.5 Å². The minimum atomic E-state index is -0.0181. The van der Waals surface area contributed by atoms with Gasteiger partial charge >= 0.3 is 0 Å². The number of hydrogen-bond donors (Lipinski definition) is 2. The Labute approximate surface area is 204 Å². The maximum Gasteiger partial charge on any atom is 0.196 e. The molecule has 35 heavy (non-hydrogen) atoms. The van der Waals surface area contributed by atoms with Gasteiger partial charge in [0, 0.05) is 22.9 Å². The number of carbonyl (C=O) groups excluding carboxylic acids is 1. The van der Waals surface area contributed by atoms with E-state index in [1.165, 1.54) is 13.0 Å². The van der Waals surface area contributed by atoms with Crippen LogP contribution >= 0.6 is 0 Å². The number of methoxy groups -OCH3 is 1. The molecular formula is C28H29N4O3+. The van der Waals surface area contributed by atoms with Gasteiger partial charge in [-0.05, 0) is 24.6 Å². The van der Waals surface area contributed by atoms with E-state index in [-0.39, 0.29) is 5.78 Å². The highest BCUT2D eigenvalue weighted by Crippen LogP contribution is 2.46. The number of ketones is 1. The molecule has 0 amide bonds. The van der Waals surface area contributed by atoms with Crippen molar-refractivity contribution in [3.05, 3.63) is 65.7 Å². The molecule has 0 radical (unpaired) electrons. The molecule has 7 nitrogen and oxygen atoms in total. The molecular weight excluding hydrogens is 440 g/mol. The second-order valence-electron chi connectivity index (χ2n) is 9.27. The fraction of sp³-hybridized carbons (Fsp3) is 0.286. The lowest BCUT2D eigenvalue weighted by Crippen LogP contribution is -3.14. The fourth-order valence-corrected chi connectivity index (χ4v) is 5.41. The SMILES string of the molecule is CCC[NH+]1CCN(c2cc(Nc3cccc(OC)c3)c3c4c(onc24)-c2ccccc2C3=O)CC1. The zero-order valence-corrected chi connectivity index (χ0v) is 20.1. The normalized spacial score (nSPS) is 15.4. The van der Waals surface area contributed by atoms with Crippen LogP contribution in [0.3, 0.4) is 0 Å². The molecule has 7 heteroatoms. The number of carbonyl (C=O) groups is 1. The standard InChI is InChI=1S/C28H28N4O3/c1-3-11-31-12-14-32(15-13-31)23-17-22(29-18-7-6-8-19(16-18)34-2)24-25-26(23)30-35-28(25)21-10-5-4-9-20(21)27(24)33/h4-10,16-17,29H,3,11-15H2,1-2H3/p+1. The summed E-state index contributed by atoms with van der Waals surface area (Å²) >= 11 is 0. The zero-order chi connectivity index (χ0) is 23.9. The Morgan fingerprint density at radius 2 is 1.89 bits per heavy atom. The van der Waals surface area contributed by atoms with Gasteiger partial charge in [0.05, 0.1) is 62.2 Å². The van der Waals surface area contributed by atoms with E-state index in [0.717, 1.165) is 65.5 Å². The first kappa shape index (κ1) is 21.7. The highest BCUT2D eigenvalue weighted by atomic mass is 16.5. The molecule has 2 N–H and O–H groups in total.